The number of esters is 1. The van der Waals surface area contributed by atoms with Gasteiger partial charge in [-0.2, -0.15) is 0 Å². The first-order valence-corrected chi connectivity index (χ1v) is 10.0. The molecule has 1 atom stereocenters. The van der Waals surface area contributed by atoms with E-state index in [4.69, 9.17) is 18.0 Å². The van der Waals surface area contributed by atoms with Crippen molar-refractivity contribution in [3.8, 4) is 0 Å². The van der Waals surface area contributed by atoms with Crippen LogP contribution in [0.3, 0.4) is 0 Å². The lowest BCUT2D eigenvalue weighted by Crippen LogP contribution is -2.42. The van der Waals surface area contributed by atoms with Crippen LogP contribution in [0, 0.1) is 5.92 Å². The van der Waals surface area contributed by atoms with Crippen molar-refractivity contribution in [3.63, 3.8) is 0 Å². The third-order valence-electron chi connectivity index (χ3n) is 4.17. The Morgan fingerprint density at radius 1 is 1.12 bits per heavy atom. The standard InChI is InChI=1S/C15H29NO7Si/c1-19-15(18)13-11-14(17)16(12-13)7-5-8-23-9-6-10-24(20-2,21-3)22-4/h13H,5-12H2,1-4H3. The molecule has 0 aromatic carbocycles. The minimum absolute atomic E-state index is 0.00136. The highest BCUT2D eigenvalue weighted by atomic mass is 28.4. The Kier molecular flexibility index (Phi) is 9.45. The van der Waals surface area contributed by atoms with E-state index in [0.717, 1.165) is 12.8 Å². The van der Waals surface area contributed by atoms with Crippen LogP contribution in [0.15, 0.2) is 0 Å². The summed E-state index contributed by atoms with van der Waals surface area (Å²) in [6.45, 7) is 2.19. The van der Waals surface area contributed by atoms with E-state index in [1.165, 1.54) is 7.11 Å². The second kappa shape index (κ2) is 10.8. The maximum atomic E-state index is 11.8. The number of carbonyl (C=O) groups excluding carboxylic acids is 2. The summed E-state index contributed by atoms with van der Waals surface area (Å²) in [6, 6.07) is 0.696. The molecule has 24 heavy (non-hydrogen) atoms. The Bertz CT molecular complexity index is 395. The molecule has 0 aromatic heterocycles. The maximum absolute atomic E-state index is 11.8. The average Bonchev–Trinajstić information content (AvgIpc) is 2.98. The molecule has 1 saturated heterocycles. The second-order valence-corrected chi connectivity index (χ2v) is 8.72. The third kappa shape index (κ3) is 6.13. The highest BCUT2D eigenvalue weighted by Gasteiger charge is 2.37. The molecule has 1 aliphatic rings. The van der Waals surface area contributed by atoms with Crippen molar-refractivity contribution in [2.45, 2.75) is 25.3 Å². The second-order valence-electron chi connectivity index (χ2n) is 5.63. The highest BCUT2D eigenvalue weighted by molar-refractivity contribution is 6.60. The zero-order valence-electron chi connectivity index (χ0n) is 15.0. The third-order valence-corrected chi connectivity index (χ3v) is 7.00. The summed E-state index contributed by atoms with van der Waals surface area (Å²) in [5.41, 5.74) is 0. The van der Waals surface area contributed by atoms with Gasteiger partial charge >= 0.3 is 14.8 Å². The lowest BCUT2D eigenvalue weighted by molar-refractivity contribution is -0.145. The summed E-state index contributed by atoms with van der Waals surface area (Å²) in [5, 5.41) is 0. The van der Waals surface area contributed by atoms with Gasteiger partial charge in [0.05, 0.1) is 13.0 Å². The van der Waals surface area contributed by atoms with Gasteiger partial charge in [0.2, 0.25) is 5.91 Å². The van der Waals surface area contributed by atoms with E-state index < -0.39 is 8.80 Å². The fourth-order valence-electron chi connectivity index (χ4n) is 2.72. The summed E-state index contributed by atoms with van der Waals surface area (Å²) in [7, 11) is 3.61. The Morgan fingerprint density at radius 2 is 1.75 bits per heavy atom. The smallest absolute Gasteiger partial charge is 0.469 e. The van der Waals surface area contributed by atoms with Crippen molar-refractivity contribution in [1.82, 2.24) is 4.90 Å². The molecule has 0 radical (unpaired) electrons. The van der Waals surface area contributed by atoms with Gasteiger partial charge in [-0.25, -0.2) is 0 Å². The lowest BCUT2D eigenvalue weighted by atomic mass is 10.1. The summed E-state index contributed by atoms with van der Waals surface area (Å²) < 4.78 is 26.3. The summed E-state index contributed by atoms with van der Waals surface area (Å²) in [4.78, 5) is 25.0. The van der Waals surface area contributed by atoms with Crippen LogP contribution < -0.4 is 0 Å². The van der Waals surface area contributed by atoms with E-state index in [2.05, 4.69) is 4.74 Å². The van der Waals surface area contributed by atoms with Crippen LogP contribution in [0.1, 0.15) is 19.3 Å². The number of ether oxygens (including phenoxy) is 2. The topological polar surface area (TPSA) is 83.5 Å². The first-order chi connectivity index (χ1) is 11.5. The predicted molar refractivity (Wildman–Crippen MR) is 88.3 cm³/mol. The number of nitrogens with zero attached hydrogens (tertiary/aromatic N) is 1. The molecular formula is C15H29NO7Si. The highest BCUT2D eigenvalue weighted by Crippen LogP contribution is 2.19. The Hall–Kier alpha value is -1.00. The van der Waals surface area contributed by atoms with Crippen LogP contribution in [0.5, 0.6) is 0 Å². The van der Waals surface area contributed by atoms with Crippen LogP contribution in [0.2, 0.25) is 6.04 Å². The van der Waals surface area contributed by atoms with Crippen LogP contribution in [0.25, 0.3) is 0 Å². The van der Waals surface area contributed by atoms with E-state index in [9.17, 15) is 9.59 Å². The van der Waals surface area contributed by atoms with Crippen molar-refractivity contribution >= 4 is 20.7 Å². The van der Waals surface area contributed by atoms with Gasteiger partial charge in [-0.3, -0.25) is 9.59 Å². The monoisotopic (exact) mass is 363 g/mol. The van der Waals surface area contributed by atoms with Gasteiger partial charge in [0.25, 0.3) is 0 Å². The predicted octanol–water partition coefficient (Wildman–Crippen LogP) is 0.683. The van der Waals surface area contributed by atoms with Crippen LogP contribution in [-0.2, 0) is 32.3 Å². The summed E-state index contributed by atoms with van der Waals surface area (Å²) >= 11 is 0. The van der Waals surface area contributed by atoms with Gasteiger partial charge in [0, 0.05) is 60.1 Å². The van der Waals surface area contributed by atoms with E-state index >= 15 is 0 Å². The molecule has 140 valence electrons. The number of hydrogen-bond donors (Lipinski definition) is 0. The quantitative estimate of drug-likeness (QED) is 0.286. The van der Waals surface area contributed by atoms with E-state index in [1.807, 2.05) is 0 Å². The van der Waals surface area contributed by atoms with Crippen LogP contribution >= 0.6 is 0 Å². The number of likely N-dealkylation sites (tertiary alicyclic amines) is 1. The molecule has 1 heterocycles. The van der Waals surface area contributed by atoms with E-state index in [1.54, 1.807) is 26.2 Å². The van der Waals surface area contributed by atoms with Gasteiger partial charge in [-0.1, -0.05) is 0 Å². The van der Waals surface area contributed by atoms with Crippen LogP contribution in [0.4, 0.5) is 0 Å². The Labute approximate surface area is 144 Å². The molecule has 1 amide bonds. The van der Waals surface area contributed by atoms with Crippen molar-refractivity contribution in [2.24, 2.45) is 5.92 Å². The minimum atomic E-state index is -2.52. The SMILES string of the molecule is COC(=O)C1CC(=O)N(CCCOCCC[Si](OC)(OC)OC)C1. The maximum Gasteiger partial charge on any atom is 0.500 e. The molecule has 0 aliphatic carbocycles. The molecule has 0 spiro atoms. The molecule has 1 aliphatic heterocycles. The molecule has 9 heteroatoms. The average molecular weight is 363 g/mol. The summed E-state index contributed by atoms with van der Waals surface area (Å²) in [5.74, 6) is -0.649. The molecular weight excluding hydrogens is 334 g/mol. The first kappa shape index (κ1) is 21.0. The fourth-order valence-corrected chi connectivity index (χ4v) is 4.41. The summed E-state index contributed by atoms with van der Waals surface area (Å²) in [6.07, 6.45) is 1.77. The van der Waals surface area contributed by atoms with E-state index in [0.29, 0.717) is 32.3 Å². The molecule has 0 bridgehead atoms. The van der Waals surface area contributed by atoms with Gasteiger partial charge < -0.3 is 27.7 Å². The van der Waals surface area contributed by atoms with Gasteiger partial charge in [-0.15, -0.1) is 0 Å². The lowest BCUT2D eigenvalue weighted by Gasteiger charge is -2.24. The van der Waals surface area contributed by atoms with Crippen molar-refractivity contribution in [1.29, 1.82) is 0 Å². The number of methoxy groups -OCH3 is 1. The van der Waals surface area contributed by atoms with Crippen molar-refractivity contribution in [2.75, 3.05) is 54.7 Å². The molecule has 1 fully saturated rings. The Balaban J connectivity index is 2.12. The molecule has 1 unspecified atom stereocenters. The number of rotatable bonds is 12. The largest absolute Gasteiger partial charge is 0.500 e. The van der Waals surface area contributed by atoms with Gasteiger partial charge in [0.15, 0.2) is 0 Å². The molecule has 0 N–H and O–H groups in total. The van der Waals surface area contributed by atoms with Crippen molar-refractivity contribution in [3.05, 3.63) is 0 Å². The minimum Gasteiger partial charge on any atom is -0.469 e. The molecule has 1 rings (SSSR count). The van der Waals surface area contributed by atoms with Gasteiger partial charge in [0.1, 0.15) is 0 Å². The number of hydrogen-bond acceptors (Lipinski definition) is 7. The van der Waals surface area contributed by atoms with Crippen molar-refractivity contribution < 1.29 is 32.3 Å². The normalized spacial score (nSPS) is 18.2. The van der Waals surface area contributed by atoms with Crippen LogP contribution in [-0.4, -0.2) is 80.3 Å². The fraction of sp³-hybridized carbons (Fsp3) is 0.867. The molecule has 0 aromatic rings. The van der Waals surface area contributed by atoms with Gasteiger partial charge in [-0.05, 0) is 12.8 Å². The zero-order chi connectivity index (χ0) is 18.0. The number of amides is 1. The molecule has 8 nitrogen and oxygen atoms in total. The molecule has 0 saturated carbocycles. The zero-order valence-corrected chi connectivity index (χ0v) is 16.0. The Morgan fingerprint density at radius 3 is 2.33 bits per heavy atom. The van der Waals surface area contributed by atoms with E-state index in [-0.39, 0.29) is 24.2 Å². The first-order valence-electron chi connectivity index (χ1n) is 8.10. The number of carbonyl (C=O) groups is 2.